The van der Waals surface area contributed by atoms with E-state index in [-0.39, 0.29) is 6.42 Å². The van der Waals surface area contributed by atoms with Crippen molar-refractivity contribution in [2.75, 3.05) is 13.2 Å². The Kier molecular flexibility index (Phi) is 8.38. The van der Waals surface area contributed by atoms with Gasteiger partial charge < -0.3 is 14.8 Å². The van der Waals surface area contributed by atoms with E-state index >= 15 is 0 Å². The quantitative estimate of drug-likeness (QED) is 0.556. The van der Waals surface area contributed by atoms with Crippen LogP contribution in [0.25, 0.3) is 0 Å². The van der Waals surface area contributed by atoms with Gasteiger partial charge in [0.05, 0.1) is 6.61 Å². The minimum Gasteiger partial charge on any atom is -0.493 e. The van der Waals surface area contributed by atoms with Crippen LogP contribution in [0.1, 0.15) is 39.2 Å². The highest BCUT2D eigenvalue weighted by atomic mass is 35.5. The van der Waals surface area contributed by atoms with Crippen molar-refractivity contribution in [1.82, 2.24) is 10.6 Å². The molecular formula is C18H25ClN2O5. The number of carbonyl (C=O) groups is 3. The van der Waals surface area contributed by atoms with E-state index in [1.165, 1.54) is 0 Å². The second-order valence-corrected chi connectivity index (χ2v) is 7.21. The maximum Gasteiger partial charge on any atom is 0.321 e. The number of urea groups is 1. The standard InChI is InChI=1S/C18H25ClN2O5/c1-12-10-13(19)7-8-14(12)25-9-5-6-16(23)26-11-15(22)20-17(24)21-18(2,3)4/h7-8,10H,5-6,9,11H2,1-4H3,(H2,20,21,22,24). The highest BCUT2D eigenvalue weighted by molar-refractivity contribution is 6.30. The van der Waals surface area contributed by atoms with E-state index in [9.17, 15) is 14.4 Å². The van der Waals surface area contributed by atoms with Crippen LogP contribution in [-0.2, 0) is 14.3 Å². The van der Waals surface area contributed by atoms with Crippen molar-refractivity contribution in [3.8, 4) is 5.75 Å². The van der Waals surface area contributed by atoms with E-state index < -0.39 is 30.1 Å². The summed E-state index contributed by atoms with van der Waals surface area (Å²) in [5, 5.41) is 5.29. The molecule has 8 heteroatoms. The lowest BCUT2D eigenvalue weighted by Crippen LogP contribution is -2.49. The molecule has 1 aromatic rings. The molecule has 0 fully saturated rings. The molecule has 0 aromatic heterocycles. The maximum atomic E-state index is 11.6. The van der Waals surface area contributed by atoms with Gasteiger partial charge in [-0.3, -0.25) is 14.9 Å². The number of carbonyl (C=O) groups excluding carboxylic acids is 3. The van der Waals surface area contributed by atoms with Gasteiger partial charge in [0.1, 0.15) is 5.75 Å². The zero-order valence-corrected chi connectivity index (χ0v) is 16.2. The summed E-state index contributed by atoms with van der Waals surface area (Å²) in [5.41, 5.74) is 0.439. The second-order valence-electron chi connectivity index (χ2n) is 6.77. The lowest BCUT2D eigenvalue weighted by atomic mass is 10.1. The van der Waals surface area contributed by atoms with Gasteiger partial charge in [-0.05, 0) is 57.9 Å². The first-order valence-corrected chi connectivity index (χ1v) is 8.61. The van der Waals surface area contributed by atoms with Crippen LogP contribution in [0.5, 0.6) is 5.75 Å². The van der Waals surface area contributed by atoms with Crippen molar-refractivity contribution in [1.29, 1.82) is 0 Å². The molecule has 0 atom stereocenters. The van der Waals surface area contributed by atoms with Gasteiger partial charge in [0.2, 0.25) is 0 Å². The predicted molar refractivity (Wildman–Crippen MR) is 98.3 cm³/mol. The number of halogens is 1. The Labute approximate surface area is 158 Å². The van der Waals surface area contributed by atoms with Crippen LogP contribution >= 0.6 is 11.6 Å². The fourth-order valence-corrected chi connectivity index (χ4v) is 2.15. The lowest BCUT2D eigenvalue weighted by Gasteiger charge is -2.20. The average Bonchev–Trinajstić information content (AvgIpc) is 2.49. The zero-order chi connectivity index (χ0) is 19.7. The number of benzene rings is 1. The maximum absolute atomic E-state index is 11.6. The Morgan fingerprint density at radius 1 is 1.19 bits per heavy atom. The molecule has 1 rings (SSSR count). The van der Waals surface area contributed by atoms with Gasteiger partial charge >= 0.3 is 12.0 Å². The Balaban J connectivity index is 2.20. The topological polar surface area (TPSA) is 93.7 Å². The van der Waals surface area contributed by atoms with Crippen molar-refractivity contribution in [2.45, 2.75) is 46.1 Å². The summed E-state index contributed by atoms with van der Waals surface area (Å²) >= 11 is 5.87. The number of nitrogens with one attached hydrogen (secondary N) is 2. The number of ether oxygens (including phenoxy) is 2. The van der Waals surface area contributed by atoms with E-state index in [2.05, 4.69) is 10.6 Å². The van der Waals surface area contributed by atoms with E-state index in [4.69, 9.17) is 21.1 Å². The third kappa shape index (κ3) is 9.27. The number of hydrogen-bond acceptors (Lipinski definition) is 5. The molecule has 0 unspecified atom stereocenters. The number of aryl methyl sites for hydroxylation is 1. The summed E-state index contributed by atoms with van der Waals surface area (Å²) in [5.74, 6) is -0.520. The zero-order valence-electron chi connectivity index (χ0n) is 15.5. The molecule has 0 aliphatic heterocycles. The van der Waals surface area contributed by atoms with Crippen molar-refractivity contribution < 1.29 is 23.9 Å². The third-order valence-corrected chi connectivity index (χ3v) is 3.26. The molecule has 7 nitrogen and oxygen atoms in total. The molecule has 0 aliphatic carbocycles. The fourth-order valence-electron chi connectivity index (χ4n) is 1.93. The van der Waals surface area contributed by atoms with Crippen LogP contribution in [0.2, 0.25) is 5.02 Å². The van der Waals surface area contributed by atoms with E-state index in [1.807, 2.05) is 6.92 Å². The molecule has 0 heterocycles. The van der Waals surface area contributed by atoms with Crippen LogP contribution in [0.15, 0.2) is 18.2 Å². The molecule has 0 saturated carbocycles. The Hall–Kier alpha value is -2.28. The van der Waals surface area contributed by atoms with Crippen molar-refractivity contribution in [2.24, 2.45) is 0 Å². The Morgan fingerprint density at radius 2 is 1.88 bits per heavy atom. The number of amides is 3. The summed E-state index contributed by atoms with van der Waals surface area (Å²) in [4.78, 5) is 34.6. The highest BCUT2D eigenvalue weighted by Crippen LogP contribution is 2.21. The smallest absolute Gasteiger partial charge is 0.321 e. The second kappa shape index (κ2) is 10.0. The van der Waals surface area contributed by atoms with Gasteiger partial charge in [-0.1, -0.05) is 11.6 Å². The molecule has 1 aromatic carbocycles. The predicted octanol–water partition coefficient (Wildman–Crippen LogP) is 2.97. The van der Waals surface area contributed by atoms with Gasteiger partial charge in [-0.2, -0.15) is 0 Å². The Bertz CT molecular complexity index is 655. The lowest BCUT2D eigenvalue weighted by molar-refractivity contribution is -0.148. The van der Waals surface area contributed by atoms with Crippen molar-refractivity contribution in [3.63, 3.8) is 0 Å². The first-order valence-electron chi connectivity index (χ1n) is 8.23. The molecular weight excluding hydrogens is 360 g/mol. The van der Waals surface area contributed by atoms with Gasteiger partial charge in [-0.25, -0.2) is 4.79 Å². The summed E-state index contributed by atoms with van der Waals surface area (Å²) < 4.78 is 10.4. The van der Waals surface area contributed by atoms with Crippen LogP contribution < -0.4 is 15.4 Å². The number of esters is 1. The van der Waals surface area contributed by atoms with Crippen LogP contribution in [0.3, 0.4) is 0 Å². The molecule has 0 bridgehead atoms. The number of imide groups is 1. The van der Waals surface area contributed by atoms with Crippen molar-refractivity contribution >= 4 is 29.5 Å². The highest BCUT2D eigenvalue weighted by Gasteiger charge is 2.16. The van der Waals surface area contributed by atoms with Gasteiger partial charge in [-0.15, -0.1) is 0 Å². The normalized spacial score (nSPS) is 10.8. The van der Waals surface area contributed by atoms with Gasteiger partial charge in [0.25, 0.3) is 5.91 Å². The molecule has 3 amide bonds. The van der Waals surface area contributed by atoms with Crippen LogP contribution in [0, 0.1) is 6.92 Å². The number of hydrogen-bond donors (Lipinski definition) is 2. The largest absolute Gasteiger partial charge is 0.493 e. The average molecular weight is 385 g/mol. The summed E-state index contributed by atoms with van der Waals surface area (Å²) in [6, 6.07) is 4.65. The number of rotatable bonds is 7. The molecule has 0 spiro atoms. The van der Waals surface area contributed by atoms with Crippen molar-refractivity contribution in [3.05, 3.63) is 28.8 Å². The molecule has 144 valence electrons. The van der Waals surface area contributed by atoms with Gasteiger partial charge in [0.15, 0.2) is 6.61 Å². The minimum atomic E-state index is -0.687. The molecule has 2 N–H and O–H groups in total. The summed E-state index contributed by atoms with van der Waals surface area (Å²) in [7, 11) is 0. The van der Waals surface area contributed by atoms with Gasteiger partial charge in [0, 0.05) is 17.0 Å². The fraction of sp³-hybridized carbons (Fsp3) is 0.500. The monoisotopic (exact) mass is 384 g/mol. The third-order valence-electron chi connectivity index (χ3n) is 3.03. The molecule has 0 radical (unpaired) electrons. The first-order chi connectivity index (χ1) is 12.1. The van der Waals surface area contributed by atoms with Crippen LogP contribution in [0.4, 0.5) is 4.79 Å². The molecule has 26 heavy (non-hydrogen) atoms. The molecule has 0 aliphatic rings. The SMILES string of the molecule is Cc1cc(Cl)ccc1OCCCC(=O)OCC(=O)NC(=O)NC(C)(C)C. The van der Waals surface area contributed by atoms with E-state index in [0.717, 1.165) is 5.56 Å². The Morgan fingerprint density at radius 3 is 2.50 bits per heavy atom. The first kappa shape index (κ1) is 21.8. The van der Waals surface area contributed by atoms with E-state index in [1.54, 1.807) is 39.0 Å². The molecule has 0 saturated heterocycles. The summed E-state index contributed by atoms with van der Waals surface area (Å²) in [6.45, 7) is 7.05. The van der Waals surface area contributed by atoms with E-state index in [0.29, 0.717) is 23.8 Å². The van der Waals surface area contributed by atoms with Crippen LogP contribution in [-0.4, -0.2) is 36.7 Å². The minimum absolute atomic E-state index is 0.105. The summed E-state index contributed by atoms with van der Waals surface area (Å²) in [6.07, 6.45) is 0.543.